The zero-order chi connectivity index (χ0) is 18.7. The lowest BCUT2D eigenvalue weighted by Crippen LogP contribution is -2.58. The molecule has 2 N–H and O–H groups in total. The van der Waals surface area contributed by atoms with Gasteiger partial charge in [0.1, 0.15) is 11.6 Å². The van der Waals surface area contributed by atoms with Crippen molar-refractivity contribution >= 4 is 23.5 Å². The third-order valence-corrected chi connectivity index (χ3v) is 5.64. The van der Waals surface area contributed by atoms with Crippen molar-refractivity contribution in [3.8, 4) is 5.75 Å². The highest BCUT2D eigenvalue weighted by atomic mass is 35.5. The molecule has 1 amide bonds. The van der Waals surface area contributed by atoms with E-state index in [0.717, 1.165) is 31.7 Å². The van der Waals surface area contributed by atoms with Gasteiger partial charge in [0.15, 0.2) is 6.61 Å². The Morgan fingerprint density at radius 1 is 1.35 bits per heavy atom. The summed E-state index contributed by atoms with van der Waals surface area (Å²) >= 11 is 5.62. The van der Waals surface area contributed by atoms with Gasteiger partial charge in [0.25, 0.3) is 5.91 Å². The van der Waals surface area contributed by atoms with E-state index < -0.39 is 11.4 Å². The molecule has 0 heterocycles. The maximum Gasteiger partial charge on any atom is 0.328 e. The lowest BCUT2D eigenvalue weighted by Gasteiger charge is -2.50. The number of nitrogens with one attached hydrogen (secondary N) is 2. The van der Waals surface area contributed by atoms with E-state index in [1.165, 1.54) is 12.1 Å². The number of halogens is 2. The number of carbonyl (C=O) groups is 2. The van der Waals surface area contributed by atoms with Crippen LogP contribution >= 0.6 is 11.6 Å². The second-order valence-corrected chi connectivity index (χ2v) is 7.37. The number of rotatable bonds is 6. The second kappa shape index (κ2) is 7.80. The molecule has 4 rings (SSSR count). The first-order valence-corrected chi connectivity index (χ1v) is 9.06. The van der Waals surface area contributed by atoms with Crippen molar-refractivity contribution in [2.75, 3.05) is 13.7 Å². The highest BCUT2D eigenvalue weighted by Crippen LogP contribution is 2.48. The number of hydroxylamine groups is 1. The van der Waals surface area contributed by atoms with Crippen LogP contribution in [0.5, 0.6) is 5.75 Å². The normalized spacial score (nSPS) is 27.0. The summed E-state index contributed by atoms with van der Waals surface area (Å²) in [6.45, 7) is -0.224. The number of ether oxygens (including phenoxy) is 1. The number of fused-ring (bicyclic) bond motifs is 3. The topological polar surface area (TPSA) is 76.7 Å². The van der Waals surface area contributed by atoms with Crippen LogP contribution in [0.15, 0.2) is 18.2 Å². The third-order valence-electron chi connectivity index (χ3n) is 5.34. The Hall–Kier alpha value is -1.86. The molecule has 0 spiro atoms. The van der Waals surface area contributed by atoms with Gasteiger partial charge in [-0.2, -0.15) is 5.48 Å². The fourth-order valence-electron chi connectivity index (χ4n) is 4.06. The second-order valence-electron chi connectivity index (χ2n) is 6.97. The summed E-state index contributed by atoms with van der Waals surface area (Å²) in [5.41, 5.74) is 2.02. The van der Waals surface area contributed by atoms with Crippen molar-refractivity contribution in [3.63, 3.8) is 0 Å². The monoisotopic (exact) mass is 384 g/mol. The minimum atomic E-state index is -0.598. The van der Waals surface area contributed by atoms with Gasteiger partial charge >= 0.3 is 5.97 Å². The largest absolute Gasteiger partial charge is 0.484 e. The highest BCUT2D eigenvalue weighted by Gasteiger charge is 2.49. The number of hydrogen-bond donors (Lipinski definition) is 2. The molecule has 1 atom stereocenters. The van der Waals surface area contributed by atoms with Gasteiger partial charge in [0.05, 0.1) is 10.9 Å². The standard InChI is InChI=1S/C18H22ClFN2O4/c1-21-26-17(24)13-9-18(6-4-11(13)5-7-18)22-16(23)10-25-12-2-3-14(19)15(20)8-12/h2-3,8,11,13,21H,4-7,9-10H2,1H3,(H,22,23). The summed E-state index contributed by atoms with van der Waals surface area (Å²) < 4.78 is 18.8. The predicted octanol–water partition coefficient (Wildman–Crippen LogP) is 2.60. The highest BCUT2D eigenvalue weighted by molar-refractivity contribution is 6.30. The molecule has 26 heavy (non-hydrogen) atoms. The van der Waals surface area contributed by atoms with Crippen LogP contribution in [-0.2, 0) is 14.4 Å². The summed E-state index contributed by atoms with van der Waals surface area (Å²) in [6.07, 6.45) is 4.00. The molecule has 3 saturated carbocycles. The minimum Gasteiger partial charge on any atom is -0.484 e. The lowest BCUT2D eigenvalue weighted by molar-refractivity contribution is -0.162. The first-order valence-electron chi connectivity index (χ1n) is 8.69. The van der Waals surface area contributed by atoms with E-state index in [4.69, 9.17) is 21.2 Å². The van der Waals surface area contributed by atoms with E-state index in [1.807, 2.05) is 0 Å². The Morgan fingerprint density at radius 2 is 2.08 bits per heavy atom. The molecule has 6 nitrogen and oxygen atoms in total. The van der Waals surface area contributed by atoms with Gasteiger partial charge < -0.3 is 14.9 Å². The van der Waals surface area contributed by atoms with Gasteiger partial charge in [-0.05, 0) is 50.2 Å². The molecular formula is C18H22ClFN2O4. The van der Waals surface area contributed by atoms with Crippen LogP contribution in [0.2, 0.25) is 5.02 Å². The molecule has 142 valence electrons. The fourth-order valence-corrected chi connectivity index (χ4v) is 4.18. The van der Waals surface area contributed by atoms with Crippen LogP contribution < -0.4 is 15.5 Å². The number of hydrogen-bond acceptors (Lipinski definition) is 5. The predicted molar refractivity (Wildman–Crippen MR) is 93.0 cm³/mol. The molecule has 3 fully saturated rings. The number of amides is 1. The molecular weight excluding hydrogens is 363 g/mol. The average Bonchev–Trinajstić information content (AvgIpc) is 2.63. The van der Waals surface area contributed by atoms with Gasteiger partial charge in [-0.3, -0.25) is 9.59 Å². The van der Waals surface area contributed by atoms with E-state index in [1.54, 1.807) is 7.05 Å². The Morgan fingerprint density at radius 3 is 2.73 bits per heavy atom. The molecule has 3 aliphatic rings. The first-order chi connectivity index (χ1) is 12.4. The summed E-state index contributed by atoms with van der Waals surface area (Å²) in [5.74, 6) is -0.827. The van der Waals surface area contributed by atoms with Gasteiger partial charge in [0, 0.05) is 18.7 Å². The maximum atomic E-state index is 13.4. The van der Waals surface area contributed by atoms with Gasteiger partial charge in [-0.25, -0.2) is 4.39 Å². The summed E-state index contributed by atoms with van der Waals surface area (Å²) in [6, 6.07) is 4.03. The van der Waals surface area contributed by atoms with Crippen LogP contribution in [0.25, 0.3) is 0 Å². The van der Waals surface area contributed by atoms with E-state index in [0.29, 0.717) is 12.3 Å². The van der Waals surface area contributed by atoms with E-state index in [2.05, 4.69) is 10.8 Å². The Kier molecular flexibility index (Phi) is 5.67. The Balaban J connectivity index is 1.57. The van der Waals surface area contributed by atoms with Crippen LogP contribution in [-0.4, -0.2) is 31.1 Å². The molecule has 2 bridgehead atoms. The molecule has 1 aromatic carbocycles. The number of carbonyl (C=O) groups excluding carboxylic acids is 2. The molecule has 0 aromatic heterocycles. The van der Waals surface area contributed by atoms with Crippen molar-refractivity contribution in [2.45, 2.75) is 37.6 Å². The van der Waals surface area contributed by atoms with Gasteiger partial charge in [0.2, 0.25) is 0 Å². The summed E-state index contributed by atoms with van der Waals surface area (Å²) in [7, 11) is 1.55. The summed E-state index contributed by atoms with van der Waals surface area (Å²) in [4.78, 5) is 29.4. The SMILES string of the molecule is CNOC(=O)C1CC2(NC(=O)COc3ccc(Cl)c(F)c3)CCC1CC2. The lowest BCUT2D eigenvalue weighted by atomic mass is 9.60. The van der Waals surface area contributed by atoms with Crippen molar-refractivity contribution in [3.05, 3.63) is 29.0 Å². The van der Waals surface area contributed by atoms with Crippen LogP contribution in [0.3, 0.4) is 0 Å². The third kappa shape index (κ3) is 4.10. The Bertz CT molecular complexity index is 692. The zero-order valence-electron chi connectivity index (χ0n) is 14.5. The van der Waals surface area contributed by atoms with Gasteiger partial charge in [-0.15, -0.1) is 0 Å². The first kappa shape index (κ1) is 18.9. The van der Waals surface area contributed by atoms with E-state index >= 15 is 0 Å². The molecule has 0 saturated heterocycles. The fraction of sp³-hybridized carbons (Fsp3) is 0.556. The molecule has 0 aliphatic heterocycles. The van der Waals surface area contributed by atoms with Gasteiger partial charge in [-0.1, -0.05) is 11.6 Å². The van der Waals surface area contributed by atoms with Crippen molar-refractivity contribution in [1.82, 2.24) is 10.8 Å². The molecule has 8 heteroatoms. The zero-order valence-corrected chi connectivity index (χ0v) is 15.3. The van der Waals surface area contributed by atoms with Crippen LogP contribution in [0.4, 0.5) is 4.39 Å². The average molecular weight is 385 g/mol. The minimum absolute atomic E-state index is 0.000784. The van der Waals surface area contributed by atoms with Crippen molar-refractivity contribution in [1.29, 1.82) is 0 Å². The van der Waals surface area contributed by atoms with E-state index in [-0.39, 0.29) is 35.2 Å². The molecule has 3 aliphatic carbocycles. The van der Waals surface area contributed by atoms with Crippen LogP contribution in [0, 0.1) is 17.7 Å². The quantitative estimate of drug-likeness (QED) is 0.737. The number of benzene rings is 1. The molecule has 0 radical (unpaired) electrons. The van der Waals surface area contributed by atoms with Crippen LogP contribution in [0.1, 0.15) is 32.1 Å². The molecule has 1 unspecified atom stereocenters. The summed E-state index contributed by atoms with van der Waals surface area (Å²) in [5, 5.41) is 3.03. The molecule has 1 aromatic rings. The Labute approximate surface area is 156 Å². The van der Waals surface area contributed by atoms with E-state index in [9.17, 15) is 14.0 Å². The smallest absolute Gasteiger partial charge is 0.328 e. The van der Waals surface area contributed by atoms with Crippen molar-refractivity contribution < 1.29 is 23.6 Å². The van der Waals surface area contributed by atoms with Crippen molar-refractivity contribution in [2.24, 2.45) is 11.8 Å². The maximum absolute atomic E-state index is 13.4.